The number of thiophene rings is 1. The SMILES string of the molecule is COc1ccc(N=C(N)c2cccs2)cc1CNCC(F)F. The Morgan fingerprint density at radius 1 is 1.41 bits per heavy atom. The lowest BCUT2D eigenvalue weighted by molar-refractivity contribution is 0.145. The fourth-order valence-electron chi connectivity index (χ4n) is 1.91. The van der Waals surface area contributed by atoms with Gasteiger partial charge < -0.3 is 15.8 Å². The number of methoxy groups -OCH3 is 1. The highest BCUT2D eigenvalue weighted by Crippen LogP contribution is 2.25. The fourth-order valence-corrected chi connectivity index (χ4v) is 2.53. The quantitative estimate of drug-likeness (QED) is 0.607. The number of alkyl halides is 2. The fraction of sp³-hybridized carbons (Fsp3) is 0.267. The average Bonchev–Trinajstić information content (AvgIpc) is 3.01. The Balaban J connectivity index is 2.17. The van der Waals surface area contributed by atoms with E-state index in [1.165, 1.54) is 18.4 Å². The van der Waals surface area contributed by atoms with Crippen molar-refractivity contribution in [1.29, 1.82) is 0 Å². The predicted octanol–water partition coefficient (Wildman–Crippen LogP) is 3.15. The number of hydrogen-bond acceptors (Lipinski definition) is 4. The molecule has 118 valence electrons. The molecule has 2 aromatic rings. The molecule has 0 saturated heterocycles. The number of nitrogens with one attached hydrogen (secondary N) is 1. The highest BCUT2D eigenvalue weighted by molar-refractivity contribution is 7.12. The molecule has 0 atom stereocenters. The highest BCUT2D eigenvalue weighted by atomic mass is 32.1. The first-order valence-electron chi connectivity index (χ1n) is 6.64. The van der Waals surface area contributed by atoms with Crippen molar-refractivity contribution in [2.75, 3.05) is 13.7 Å². The Kier molecular flexibility index (Phi) is 5.85. The Labute approximate surface area is 131 Å². The summed E-state index contributed by atoms with van der Waals surface area (Å²) in [6.45, 7) is -0.0935. The molecule has 1 aromatic carbocycles. The van der Waals surface area contributed by atoms with E-state index >= 15 is 0 Å². The number of rotatable bonds is 7. The molecule has 0 amide bonds. The van der Waals surface area contributed by atoms with E-state index in [1.807, 2.05) is 17.5 Å². The second-order valence-corrected chi connectivity index (χ2v) is 5.44. The number of amidine groups is 1. The molecule has 0 unspecified atom stereocenters. The molecule has 22 heavy (non-hydrogen) atoms. The second kappa shape index (κ2) is 7.86. The van der Waals surface area contributed by atoms with Crippen LogP contribution in [0.1, 0.15) is 10.4 Å². The van der Waals surface area contributed by atoms with Crippen molar-refractivity contribution in [2.24, 2.45) is 10.7 Å². The van der Waals surface area contributed by atoms with E-state index in [4.69, 9.17) is 10.5 Å². The molecule has 0 bridgehead atoms. The maximum absolute atomic E-state index is 12.2. The van der Waals surface area contributed by atoms with Crippen molar-refractivity contribution in [2.45, 2.75) is 13.0 Å². The molecule has 2 rings (SSSR count). The van der Waals surface area contributed by atoms with E-state index in [0.29, 0.717) is 17.3 Å². The van der Waals surface area contributed by atoms with Crippen molar-refractivity contribution < 1.29 is 13.5 Å². The summed E-state index contributed by atoms with van der Waals surface area (Å²) < 4.78 is 29.6. The Morgan fingerprint density at radius 3 is 2.86 bits per heavy atom. The van der Waals surface area contributed by atoms with Gasteiger partial charge in [-0.1, -0.05) is 6.07 Å². The van der Waals surface area contributed by atoms with Crippen molar-refractivity contribution in [3.05, 3.63) is 46.2 Å². The Bertz CT molecular complexity index is 630. The third-order valence-electron chi connectivity index (χ3n) is 2.90. The van der Waals surface area contributed by atoms with Crippen molar-refractivity contribution in [3.8, 4) is 5.75 Å². The van der Waals surface area contributed by atoms with Gasteiger partial charge in [0.15, 0.2) is 0 Å². The monoisotopic (exact) mass is 325 g/mol. The van der Waals surface area contributed by atoms with Gasteiger partial charge in [0.2, 0.25) is 0 Å². The third-order valence-corrected chi connectivity index (χ3v) is 3.79. The standard InChI is InChI=1S/C15H17F2N3OS/c1-21-12-5-4-11(7-10(12)8-19-9-14(16)17)20-15(18)13-3-2-6-22-13/h2-7,14,19H,8-9H2,1H3,(H2,18,20). The maximum atomic E-state index is 12.2. The summed E-state index contributed by atoms with van der Waals surface area (Å²) in [5.41, 5.74) is 7.35. The van der Waals surface area contributed by atoms with Gasteiger partial charge in [-0.15, -0.1) is 11.3 Å². The molecule has 0 spiro atoms. The Morgan fingerprint density at radius 2 is 2.23 bits per heavy atom. The van der Waals surface area contributed by atoms with E-state index in [9.17, 15) is 8.78 Å². The molecule has 4 nitrogen and oxygen atoms in total. The molecule has 0 fully saturated rings. The van der Waals surface area contributed by atoms with Crippen molar-refractivity contribution in [3.63, 3.8) is 0 Å². The lowest BCUT2D eigenvalue weighted by Crippen LogP contribution is -2.20. The normalized spacial score (nSPS) is 11.9. The van der Waals surface area contributed by atoms with Crippen LogP contribution in [0.4, 0.5) is 14.5 Å². The number of nitrogens with two attached hydrogens (primary N) is 1. The molecule has 7 heteroatoms. The molecule has 0 radical (unpaired) electrons. The van der Waals surface area contributed by atoms with Crippen LogP contribution in [0.3, 0.4) is 0 Å². The van der Waals surface area contributed by atoms with Crippen LogP contribution in [0.5, 0.6) is 5.75 Å². The summed E-state index contributed by atoms with van der Waals surface area (Å²) in [6.07, 6.45) is -2.39. The minimum absolute atomic E-state index is 0.274. The molecule has 0 aliphatic carbocycles. The number of aliphatic imine (C=N–C) groups is 1. The second-order valence-electron chi connectivity index (χ2n) is 4.49. The van der Waals surface area contributed by atoms with Crippen LogP contribution in [-0.4, -0.2) is 25.9 Å². The van der Waals surface area contributed by atoms with Crippen LogP contribution in [0.2, 0.25) is 0 Å². The Hall–Kier alpha value is -1.99. The lowest BCUT2D eigenvalue weighted by Gasteiger charge is -2.10. The van der Waals surface area contributed by atoms with Gasteiger partial charge in [0, 0.05) is 12.1 Å². The van der Waals surface area contributed by atoms with Gasteiger partial charge in [0.25, 0.3) is 6.43 Å². The summed E-state index contributed by atoms with van der Waals surface area (Å²) in [4.78, 5) is 5.24. The van der Waals surface area contributed by atoms with E-state index in [-0.39, 0.29) is 13.1 Å². The van der Waals surface area contributed by atoms with Gasteiger partial charge in [0.1, 0.15) is 11.6 Å². The lowest BCUT2D eigenvalue weighted by atomic mass is 10.1. The minimum atomic E-state index is -2.39. The predicted molar refractivity (Wildman–Crippen MR) is 85.4 cm³/mol. The van der Waals surface area contributed by atoms with Crippen molar-refractivity contribution >= 4 is 22.9 Å². The number of benzene rings is 1. The van der Waals surface area contributed by atoms with E-state index in [0.717, 1.165) is 10.4 Å². The van der Waals surface area contributed by atoms with Crippen LogP contribution in [0.15, 0.2) is 40.7 Å². The summed E-state index contributed by atoms with van der Waals surface area (Å²) in [5, 5.41) is 4.60. The minimum Gasteiger partial charge on any atom is -0.496 e. The molecule has 1 aromatic heterocycles. The van der Waals surface area contributed by atoms with Crippen LogP contribution in [0, 0.1) is 0 Å². The van der Waals surface area contributed by atoms with Gasteiger partial charge in [-0.25, -0.2) is 13.8 Å². The van der Waals surface area contributed by atoms with Gasteiger partial charge >= 0.3 is 0 Å². The van der Waals surface area contributed by atoms with E-state index in [1.54, 1.807) is 18.2 Å². The molecule has 0 saturated carbocycles. The first-order valence-corrected chi connectivity index (χ1v) is 7.52. The summed E-state index contributed by atoms with van der Waals surface area (Å²) in [5.74, 6) is 1.04. The third kappa shape index (κ3) is 4.51. The van der Waals surface area contributed by atoms with E-state index in [2.05, 4.69) is 10.3 Å². The summed E-state index contributed by atoms with van der Waals surface area (Å²) in [6, 6.07) is 9.09. The van der Waals surface area contributed by atoms with Gasteiger partial charge in [0.05, 0.1) is 24.2 Å². The smallest absolute Gasteiger partial charge is 0.250 e. The molecule has 1 heterocycles. The van der Waals surface area contributed by atoms with Gasteiger partial charge in [-0.3, -0.25) is 0 Å². The van der Waals surface area contributed by atoms with Crippen LogP contribution >= 0.6 is 11.3 Å². The molecule has 0 aliphatic rings. The number of hydrogen-bond donors (Lipinski definition) is 2. The zero-order valence-electron chi connectivity index (χ0n) is 12.1. The van der Waals surface area contributed by atoms with Crippen molar-refractivity contribution in [1.82, 2.24) is 5.32 Å². The van der Waals surface area contributed by atoms with Crippen LogP contribution < -0.4 is 15.8 Å². The summed E-state index contributed by atoms with van der Waals surface area (Å²) in [7, 11) is 1.54. The molecular weight excluding hydrogens is 308 g/mol. The first-order chi connectivity index (χ1) is 10.6. The van der Waals surface area contributed by atoms with Crippen LogP contribution in [0.25, 0.3) is 0 Å². The van der Waals surface area contributed by atoms with E-state index < -0.39 is 6.43 Å². The molecule has 0 aliphatic heterocycles. The van der Waals surface area contributed by atoms with Gasteiger partial charge in [-0.05, 0) is 29.6 Å². The number of halogens is 2. The maximum Gasteiger partial charge on any atom is 0.250 e. The number of ether oxygens (including phenoxy) is 1. The highest BCUT2D eigenvalue weighted by Gasteiger charge is 2.07. The summed E-state index contributed by atoms with van der Waals surface area (Å²) >= 11 is 1.50. The molecule has 3 N–H and O–H groups in total. The average molecular weight is 325 g/mol. The van der Waals surface area contributed by atoms with Gasteiger partial charge in [-0.2, -0.15) is 0 Å². The zero-order valence-corrected chi connectivity index (χ0v) is 12.9. The van der Waals surface area contributed by atoms with Crippen LogP contribution in [-0.2, 0) is 6.54 Å². The topological polar surface area (TPSA) is 59.6 Å². The largest absolute Gasteiger partial charge is 0.496 e. The zero-order chi connectivity index (χ0) is 15.9. The number of nitrogens with zero attached hydrogens (tertiary/aromatic N) is 1. The first kappa shape index (κ1) is 16.4. The molecular formula is C15H17F2N3OS.